The molecule has 0 aromatic carbocycles. The molecule has 10 nitrogen and oxygen atoms in total. The monoisotopic (exact) mass is 452 g/mol. The molecule has 0 saturated carbocycles. The van der Waals surface area contributed by atoms with E-state index in [2.05, 4.69) is 15.3 Å². The summed E-state index contributed by atoms with van der Waals surface area (Å²) in [6.45, 7) is 16.9. The summed E-state index contributed by atoms with van der Waals surface area (Å²) in [5.41, 5.74) is 4.24. The van der Waals surface area contributed by atoms with Crippen LogP contribution in [0.2, 0.25) is 0 Å². The number of rotatable bonds is 10. The molecular formula is C22H36N4O6. The van der Waals surface area contributed by atoms with Crippen LogP contribution in [0.5, 0.6) is 0 Å². The van der Waals surface area contributed by atoms with Crippen LogP contribution in [0.4, 0.5) is 0 Å². The molecule has 0 aliphatic heterocycles. The summed E-state index contributed by atoms with van der Waals surface area (Å²) in [6.07, 6.45) is -0.420. The maximum absolute atomic E-state index is 12.0. The van der Waals surface area contributed by atoms with Crippen LogP contribution < -0.4 is 0 Å². The molecule has 2 aromatic rings. The van der Waals surface area contributed by atoms with E-state index in [4.69, 9.17) is 18.9 Å². The number of aromatic nitrogens is 4. The van der Waals surface area contributed by atoms with Crippen molar-refractivity contribution in [3.05, 3.63) is 33.9 Å². The van der Waals surface area contributed by atoms with E-state index in [0.717, 1.165) is 22.5 Å². The van der Waals surface area contributed by atoms with Crippen molar-refractivity contribution in [2.24, 2.45) is 0 Å². The third-order valence-corrected chi connectivity index (χ3v) is 4.64. The van der Waals surface area contributed by atoms with Crippen LogP contribution in [0.1, 0.15) is 71.2 Å². The van der Waals surface area contributed by atoms with E-state index in [1.807, 2.05) is 41.5 Å². The Labute approximate surface area is 189 Å². The number of aryl methyl sites for hydroxylation is 2. The minimum Gasteiger partial charge on any atom is -0.461 e. The Morgan fingerprint density at radius 3 is 1.91 bits per heavy atom. The number of aromatic amines is 1. The zero-order valence-electron chi connectivity index (χ0n) is 20.4. The van der Waals surface area contributed by atoms with Gasteiger partial charge in [-0.1, -0.05) is 0 Å². The standard InChI is InChI=1S/C14H24N2O4.C8H12N2O2/c1-6-18-12(19-7-2)9-16-13(14(17)20-8-3)10(4)11(5)15-16;1-4-12-8(11)7-5(2)6(3)9-10-7/h12H,6-9H2,1-5H3;4H2,1-3H3,(H,9,10). The Morgan fingerprint density at radius 2 is 1.44 bits per heavy atom. The molecule has 2 aromatic heterocycles. The van der Waals surface area contributed by atoms with Crippen LogP contribution in [0, 0.1) is 27.7 Å². The lowest BCUT2D eigenvalue weighted by Gasteiger charge is -2.18. The number of carbonyl (C=O) groups excluding carboxylic acids is 2. The van der Waals surface area contributed by atoms with E-state index in [1.54, 1.807) is 18.5 Å². The van der Waals surface area contributed by atoms with Gasteiger partial charge >= 0.3 is 11.9 Å². The molecule has 0 unspecified atom stereocenters. The second kappa shape index (κ2) is 13.6. The van der Waals surface area contributed by atoms with Crippen molar-refractivity contribution in [3.63, 3.8) is 0 Å². The van der Waals surface area contributed by atoms with Crippen LogP contribution in [-0.2, 0) is 25.5 Å². The summed E-state index contributed by atoms with van der Waals surface area (Å²) < 4.78 is 22.5. The molecule has 0 radical (unpaired) electrons. The van der Waals surface area contributed by atoms with E-state index in [9.17, 15) is 9.59 Å². The molecule has 32 heavy (non-hydrogen) atoms. The number of nitrogens with one attached hydrogen (secondary N) is 1. The van der Waals surface area contributed by atoms with Crippen LogP contribution in [0.15, 0.2) is 0 Å². The molecule has 0 fully saturated rings. The average molecular weight is 453 g/mol. The van der Waals surface area contributed by atoms with Crippen LogP contribution in [0.25, 0.3) is 0 Å². The van der Waals surface area contributed by atoms with E-state index >= 15 is 0 Å². The van der Waals surface area contributed by atoms with Gasteiger partial charge in [0.25, 0.3) is 0 Å². The molecule has 180 valence electrons. The van der Waals surface area contributed by atoms with Gasteiger partial charge in [0, 0.05) is 30.0 Å². The molecule has 0 amide bonds. The van der Waals surface area contributed by atoms with E-state index in [-0.39, 0.29) is 11.9 Å². The van der Waals surface area contributed by atoms with E-state index in [0.29, 0.717) is 44.4 Å². The van der Waals surface area contributed by atoms with Gasteiger partial charge in [-0.2, -0.15) is 10.2 Å². The second-order valence-corrected chi connectivity index (χ2v) is 6.84. The van der Waals surface area contributed by atoms with Crippen molar-refractivity contribution < 1.29 is 28.5 Å². The first-order valence-electron chi connectivity index (χ1n) is 10.8. The number of H-pyrrole nitrogens is 1. The molecule has 10 heteroatoms. The van der Waals surface area contributed by atoms with Gasteiger partial charge in [-0.05, 0) is 55.4 Å². The highest BCUT2D eigenvalue weighted by Gasteiger charge is 2.22. The molecule has 0 atom stereocenters. The zero-order valence-corrected chi connectivity index (χ0v) is 20.4. The van der Waals surface area contributed by atoms with Gasteiger partial charge in [-0.3, -0.25) is 9.78 Å². The van der Waals surface area contributed by atoms with Crippen molar-refractivity contribution in [3.8, 4) is 0 Å². The van der Waals surface area contributed by atoms with Crippen LogP contribution in [-0.4, -0.2) is 64.6 Å². The fourth-order valence-corrected chi connectivity index (χ4v) is 2.81. The highest BCUT2D eigenvalue weighted by atomic mass is 16.7. The van der Waals surface area contributed by atoms with Crippen molar-refractivity contribution >= 4 is 11.9 Å². The lowest BCUT2D eigenvalue weighted by Crippen LogP contribution is -2.26. The first-order chi connectivity index (χ1) is 15.2. The molecule has 0 saturated heterocycles. The van der Waals surface area contributed by atoms with Crippen molar-refractivity contribution in [2.45, 2.75) is 68.2 Å². The van der Waals surface area contributed by atoms with Crippen molar-refractivity contribution in [2.75, 3.05) is 26.4 Å². The summed E-state index contributed by atoms with van der Waals surface area (Å²) in [5, 5.41) is 10.9. The number of nitrogens with zero attached hydrogens (tertiary/aromatic N) is 3. The minimum absolute atomic E-state index is 0.336. The number of carbonyl (C=O) groups is 2. The Hall–Kier alpha value is -2.72. The average Bonchev–Trinajstić information content (AvgIpc) is 3.21. The predicted molar refractivity (Wildman–Crippen MR) is 119 cm³/mol. The Kier molecular flexibility index (Phi) is 11.6. The highest BCUT2D eigenvalue weighted by Crippen LogP contribution is 2.15. The third-order valence-electron chi connectivity index (χ3n) is 4.64. The largest absolute Gasteiger partial charge is 0.461 e. The summed E-state index contributed by atoms with van der Waals surface area (Å²) in [5.74, 6) is -0.725. The van der Waals surface area contributed by atoms with Gasteiger partial charge in [-0.15, -0.1) is 0 Å². The third kappa shape index (κ3) is 7.45. The summed E-state index contributed by atoms with van der Waals surface area (Å²) >= 11 is 0. The molecule has 0 spiro atoms. The first-order valence-corrected chi connectivity index (χ1v) is 10.8. The highest BCUT2D eigenvalue weighted by molar-refractivity contribution is 5.89. The molecule has 0 aliphatic carbocycles. The molecule has 0 bridgehead atoms. The van der Waals surface area contributed by atoms with Crippen molar-refractivity contribution in [1.82, 2.24) is 20.0 Å². The number of hydrogen-bond acceptors (Lipinski definition) is 8. The van der Waals surface area contributed by atoms with Gasteiger partial charge in [0.05, 0.1) is 25.5 Å². The Bertz CT molecular complexity index is 868. The predicted octanol–water partition coefficient (Wildman–Crippen LogP) is 3.28. The van der Waals surface area contributed by atoms with Crippen LogP contribution in [0.3, 0.4) is 0 Å². The van der Waals surface area contributed by atoms with Gasteiger partial charge in [0.2, 0.25) is 0 Å². The number of ether oxygens (including phenoxy) is 4. The SMILES string of the molecule is CCOC(=O)c1c(C)c(C)nn1CC(OCC)OCC.CCOC(=O)c1n[nH]c(C)c1C. The Balaban J connectivity index is 0.000000363. The molecule has 0 aliphatic rings. The van der Waals surface area contributed by atoms with Gasteiger partial charge in [0.1, 0.15) is 5.69 Å². The minimum atomic E-state index is -0.420. The second-order valence-electron chi connectivity index (χ2n) is 6.84. The maximum atomic E-state index is 12.0. The smallest absolute Gasteiger partial charge is 0.359 e. The lowest BCUT2D eigenvalue weighted by atomic mass is 10.2. The topological polar surface area (TPSA) is 118 Å². The fourth-order valence-electron chi connectivity index (χ4n) is 2.81. The maximum Gasteiger partial charge on any atom is 0.359 e. The fraction of sp³-hybridized carbons (Fsp3) is 0.636. The van der Waals surface area contributed by atoms with Gasteiger partial charge in [0.15, 0.2) is 12.0 Å². The first kappa shape index (κ1) is 27.3. The molecule has 1 N–H and O–H groups in total. The summed E-state index contributed by atoms with van der Waals surface area (Å²) in [7, 11) is 0. The van der Waals surface area contributed by atoms with E-state index < -0.39 is 6.29 Å². The number of hydrogen-bond donors (Lipinski definition) is 1. The summed E-state index contributed by atoms with van der Waals surface area (Å²) in [6, 6.07) is 0. The zero-order chi connectivity index (χ0) is 24.3. The molecule has 2 heterocycles. The van der Waals surface area contributed by atoms with Gasteiger partial charge < -0.3 is 18.9 Å². The van der Waals surface area contributed by atoms with Crippen LogP contribution >= 0.6 is 0 Å². The van der Waals surface area contributed by atoms with Gasteiger partial charge in [-0.25, -0.2) is 9.59 Å². The van der Waals surface area contributed by atoms with E-state index in [1.165, 1.54) is 0 Å². The quantitative estimate of drug-likeness (QED) is 0.431. The molecule has 2 rings (SSSR count). The molecular weight excluding hydrogens is 416 g/mol. The Morgan fingerprint density at radius 1 is 0.875 bits per heavy atom. The van der Waals surface area contributed by atoms with Crippen molar-refractivity contribution in [1.29, 1.82) is 0 Å². The summed E-state index contributed by atoms with van der Waals surface area (Å²) in [4.78, 5) is 23.2. The number of esters is 2. The lowest BCUT2D eigenvalue weighted by molar-refractivity contribution is -0.145. The normalized spacial score (nSPS) is 10.7.